The average molecular weight is 428 g/mol. The second kappa shape index (κ2) is 13.2. The van der Waals surface area contributed by atoms with E-state index in [1.165, 1.54) is 12.4 Å². The first-order valence-corrected chi connectivity index (χ1v) is 9.24. The Hall–Kier alpha value is -4.12. The van der Waals surface area contributed by atoms with Gasteiger partial charge in [0.15, 0.2) is 0 Å². The number of urea groups is 2. The molecule has 0 atom stereocenters. The fraction of sp³-hybridized carbons (Fsp3) is 0.200. The number of benzene rings is 2. The minimum absolute atomic E-state index is 0.316. The molecule has 2 rings (SSSR count). The Kier molecular flexibility index (Phi) is 9.84. The lowest BCUT2D eigenvalue weighted by atomic mass is 10.2. The van der Waals surface area contributed by atoms with Gasteiger partial charge in [0, 0.05) is 11.1 Å². The van der Waals surface area contributed by atoms with E-state index in [2.05, 4.69) is 21.1 Å². The van der Waals surface area contributed by atoms with Crippen LogP contribution in [0.2, 0.25) is 0 Å². The molecular weight excluding hydrogens is 404 g/mol. The molecule has 0 aliphatic rings. The van der Waals surface area contributed by atoms with Gasteiger partial charge in [-0.1, -0.05) is 24.3 Å². The predicted molar refractivity (Wildman–Crippen MR) is 115 cm³/mol. The molecule has 0 aromatic heterocycles. The van der Waals surface area contributed by atoms with Gasteiger partial charge in [0.05, 0.1) is 25.6 Å². The lowest BCUT2D eigenvalue weighted by Crippen LogP contribution is -2.24. The zero-order valence-corrected chi connectivity index (χ0v) is 16.7. The summed E-state index contributed by atoms with van der Waals surface area (Å²) in [5.41, 5.74) is 15.5. The maximum atomic E-state index is 10.7. The van der Waals surface area contributed by atoms with Gasteiger partial charge in [-0.15, -0.1) is 0 Å². The lowest BCUT2D eigenvalue weighted by Gasteiger charge is -2.11. The van der Waals surface area contributed by atoms with Gasteiger partial charge in [-0.3, -0.25) is 0 Å². The summed E-state index contributed by atoms with van der Waals surface area (Å²) in [6.07, 6.45) is 2.88. The highest BCUT2D eigenvalue weighted by Crippen LogP contribution is 2.16. The number of hydrogen-bond acceptors (Lipinski definition) is 7. The molecule has 31 heavy (non-hydrogen) atoms. The van der Waals surface area contributed by atoms with E-state index in [0.717, 1.165) is 0 Å². The highest BCUT2D eigenvalue weighted by atomic mass is 16.5. The van der Waals surface area contributed by atoms with Crippen molar-refractivity contribution in [3.05, 3.63) is 59.7 Å². The van der Waals surface area contributed by atoms with Crippen LogP contribution in [0.4, 0.5) is 9.59 Å². The second-order valence-corrected chi connectivity index (χ2v) is 5.85. The number of para-hydroxylation sites is 2. The van der Waals surface area contributed by atoms with Crippen molar-refractivity contribution in [1.29, 1.82) is 0 Å². The van der Waals surface area contributed by atoms with Crippen molar-refractivity contribution in [3.8, 4) is 11.5 Å². The van der Waals surface area contributed by atoms with Crippen LogP contribution in [-0.4, -0.2) is 50.9 Å². The van der Waals surface area contributed by atoms with Crippen LogP contribution in [0.15, 0.2) is 58.7 Å². The lowest BCUT2D eigenvalue weighted by molar-refractivity contribution is 0.0764. The molecule has 11 nitrogen and oxygen atoms in total. The molecule has 0 aliphatic carbocycles. The van der Waals surface area contributed by atoms with Crippen molar-refractivity contribution in [1.82, 2.24) is 10.9 Å². The number of nitrogens with two attached hydrogens (primary N) is 2. The van der Waals surface area contributed by atoms with E-state index in [1.54, 1.807) is 24.3 Å². The maximum absolute atomic E-state index is 10.7. The molecule has 11 heteroatoms. The van der Waals surface area contributed by atoms with Crippen LogP contribution in [0.5, 0.6) is 11.5 Å². The number of nitrogens with one attached hydrogen (secondary N) is 2. The predicted octanol–water partition coefficient (Wildman–Crippen LogP) is 1.17. The third kappa shape index (κ3) is 9.28. The van der Waals surface area contributed by atoms with Crippen molar-refractivity contribution >= 4 is 24.5 Å². The molecule has 0 unspecified atom stereocenters. The van der Waals surface area contributed by atoms with Crippen LogP contribution < -0.4 is 31.8 Å². The summed E-state index contributed by atoms with van der Waals surface area (Å²) in [5, 5.41) is 7.44. The minimum Gasteiger partial charge on any atom is -0.491 e. The number of rotatable bonds is 12. The van der Waals surface area contributed by atoms with E-state index in [-0.39, 0.29) is 0 Å². The van der Waals surface area contributed by atoms with Crippen LogP contribution in [0.25, 0.3) is 0 Å². The van der Waals surface area contributed by atoms with Gasteiger partial charge in [0.25, 0.3) is 0 Å². The van der Waals surface area contributed by atoms with Gasteiger partial charge in [-0.25, -0.2) is 20.4 Å². The molecule has 164 valence electrons. The Morgan fingerprint density at radius 3 is 1.58 bits per heavy atom. The number of hydrogen-bond donors (Lipinski definition) is 4. The van der Waals surface area contributed by atoms with Crippen LogP contribution in [0, 0.1) is 0 Å². The van der Waals surface area contributed by atoms with E-state index in [9.17, 15) is 9.59 Å². The summed E-state index contributed by atoms with van der Waals surface area (Å²) in [6.45, 7) is 1.33. The number of nitrogens with zero attached hydrogens (tertiary/aromatic N) is 2. The van der Waals surface area contributed by atoms with Crippen LogP contribution in [0.3, 0.4) is 0 Å². The zero-order chi connectivity index (χ0) is 22.3. The molecule has 0 fully saturated rings. The minimum atomic E-state index is -0.748. The van der Waals surface area contributed by atoms with Gasteiger partial charge in [0.2, 0.25) is 0 Å². The third-order valence-corrected chi connectivity index (χ3v) is 3.57. The van der Waals surface area contributed by atoms with E-state index in [1.807, 2.05) is 24.3 Å². The molecule has 0 radical (unpaired) electrons. The summed E-state index contributed by atoms with van der Waals surface area (Å²) in [4.78, 5) is 21.3. The van der Waals surface area contributed by atoms with Crippen molar-refractivity contribution in [3.63, 3.8) is 0 Å². The van der Waals surface area contributed by atoms with Crippen molar-refractivity contribution < 1.29 is 23.8 Å². The number of ether oxygens (including phenoxy) is 3. The molecule has 4 amide bonds. The molecule has 0 saturated heterocycles. The quantitative estimate of drug-likeness (QED) is 0.226. The molecule has 2 aromatic carbocycles. The second-order valence-electron chi connectivity index (χ2n) is 5.85. The van der Waals surface area contributed by atoms with E-state index in [0.29, 0.717) is 49.1 Å². The average Bonchev–Trinajstić information content (AvgIpc) is 2.74. The number of carbonyl (C=O) groups excluding carboxylic acids is 2. The van der Waals surface area contributed by atoms with E-state index < -0.39 is 12.1 Å². The molecule has 2 aromatic rings. The van der Waals surface area contributed by atoms with Gasteiger partial charge in [0.1, 0.15) is 24.7 Å². The Balaban J connectivity index is 1.70. The first kappa shape index (κ1) is 23.2. The SMILES string of the molecule is NC(=O)N/N=C/c1ccccc1OCCOCCOc1ccccc1/C=N/NC(N)=O. The molecule has 0 bridgehead atoms. The van der Waals surface area contributed by atoms with Gasteiger partial charge >= 0.3 is 12.1 Å². The zero-order valence-electron chi connectivity index (χ0n) is 16.7. The van der Waals surface area contributed by atoms with E-state index in [4.69, 9.17) is 25.7 Å². The standard InChI is InChI=1S/C20H24N6O5/c21-19(27)25-23-13-15-5-1-3-7-17(15)30-11-9-29-10-12-31-18-8-4-2-6-16(18)14-24-26-20(22)28/h1-8,13-14H,9-12H2,(H3,21,25,27)(H3,22,26,28)/b23-13+,24-14+. The summed E-state index contributed by atoms with van der Waals surface area (Å²) in [7, 11) is 0. The first-order valence-electron chi connectivity index (χ1n) is 9.24. The first-order chi connectivity index (χ1) is 15.1. The summed E-state index contributed by atoms with van der Waals surface area (Å²) < 4.78 is 16.9. The van der Waals surface area contributed by atoms with E-state index >= 15 is 0 Å². The Morgan fingerprint density at radius 2 is 1.16 bits per heavy atom. The monoisotopic (exact) mass is 428 g/mol. The molecular formula is C20H24N6O5. The molecule has 6 N–H and O–H groups in total. The third-order valence-electron chi connectivity index (χ3n) is 3.57. The van der Waals surface area contributed by atoms with Crippen LogP contribution in [0.1, 0.15) is 11.1 Å². The summed E-state index contributed by atoms with van der Waals surface area (Å²) in [5.74, 6) is 1.19. The van der Waals surface area contributed by atoms with Crippen LogP contribution >= 0.6 is 0 Å². The van der Waals surface area contributed by atoms with Gasteiger partial charge in [-0.05, 0) is 24.3 Å². The topological polar surface area (TPSA) is 163 Å². The Bertz CT molecular complexity index is 845. The highest BCUT2D eigenvalue weighted by Gasteiger charge is 2.02. The molecule has 0 spiro atoms. The van der Waals surface area contributed by atoms with Gasteiger partial charge < -0.3 is 25.7 Å². The molecule has 0 heterocycles. The normalized spacial score (nSPS) is 10.8. The van der Waals surface area contributed by atoms with Crippen LogP contribution in [-0.2, 0) is 4.74 Å². The number of hydrazone groups is 2. The molecule has 0 saturated carbocycles. The largest absolute Gasteiger partial charge is 0.491 e. The summed E-state index contributed by atoms with van der Waals surface area (Å²) in [6, 6.07) is 12.9. The number of carbonyl (C=O) groups is 2. The Morgan fingerprint density at radius 1 is 0.742 bits per heavy atom. The number of amides is 4. The van der Waals surface area contributed by atoms with Crippen molar-refractivity contribution in [2.75, 3.05) is 26.4 Å². The highest BCUT2D eigenvalue weighted by molar-refractivity contribution is 5.85. The van der Waals surface area contributed by atoms with Gasteiger partial charge in [-0.2, -0.15) is 10.2 Å². The van der Waals surface area contributed by atoms with Crippen molar-refractivity contribution in [2.45, 2.75) is 0 Å². The van der Waals surface area contributed by atoms with Crippen molar-refractivity contribution in [2.24, 2.45) is 21.7 Å². The number of primary amides is 2. The molecule has 0 aliphatic heterocycles. The summed E-state index contributed by atoms with van der Waals surface area (Å²) >= 11 is 0. The fourth-order valence-corrected chi connectivity index (χ4v) is 2.29. The smallest absolute Gasteiger partial charge is 0.332 e. The maximum Gasteiger partial charge on any atom is 0.332 e. The fourth-order valence-electron chi connectivity index (χ4n) is 2.29. The Labute approximate surface area is 179 Å².